The highest BCUT2D eigenvalue weighted by molar-refractivity contribution is 5.43. The zero-order valence-electron chi connectivity index (χ0n) is 18.6. The van der Waals surface area contributed by atoms with E-state index in [0.717, 1.165) is 54.9 Å². The van der Waals surface area contributed by atoms with E-state index in [1.54, 1.807) is 14.2 Å². The second-order valence-corrected chi connectivity index (χ2v) is 8.38. The van der Waals surface area contributed by atoms with Crippen molar-refractivity contribution in [2.45, 2.75) is 38.8 Å². The summed E-state index contributed by atoms with van der Waals surface area (Å²) in [7, 11) is 3.41. The average molecular weight is 423 g/mol. The fraction of sp³-hybridized carbons (Fsp3) is 0.458. The summed E-state index contributed by atoms with van der Waals surface area (Å²) in [6.07, 6.45) is 3.28. The number of hydrogen-bond acceptors (Lipinski definition) is 5. The third-order valence-corrected chi connectivity index (χ3v) is 6.35. The van der Waals surface area contributed by atoms with E-state index in [1.807, 2.05) is 22.9 Å². The Balaban J connectivity index is 1.70. The number of piperidine rings is 1. The Bertz CT molecular complexity index is 967. The molecule has 0 radical (unpaired) electrons. The minimum absolute atomic E-state index is 0.0108. The molecule has 1 fully saturated rings. The topological polar surface area (TPSA) is 66.5 Å². The summed E-state index contributed by atoms with van der Waals surface area (Å²) in [6, 6.07) is 16.4. The third-order valence-electron chi connectivity index (χ3n) is 6.35. The summed E-state index contributed by atoms with van der Waals surface area (Å²) in [5.41, 5.74) is 2.35. The lowest BCUT2D eigenvalue weighted by Gasteiger charge is -2.33. The molecule has 0 bridgehead atoms. The van der Waals surface area contributed by atoms with Gasteiger partial charge in [-0.05, 0) is 59.4 Å². The van der Waals surface area contributed by atoms with E-state index in [0.29, 0.717) is 0 Å². The molecule has 1 saturated heterocycles. The molecule has 164 valence electrons. The largest absolute Gasteiger partial charge is 0.497 e. The van der Waals surface area contributed by atoms with Crippen LogP contribution in [0.4, 0.5) is 0 Å². The van der Waals surface area contributed by atoms with Crippen molar-refractivity contribution in [3.05, 3.63) is 65.5 Å². The highest BCUT2D eigenvalue weighted by Gasteiger charge is 2.36. The first-order valence-electron chi connectivity index (χ1n) is 11.1. The summed E-state index contributed by atoms with van der Waals surface area (Å²) < 4.78 is 13.3. The Morgan fingerprint density at radius 2 is 1.84 bits per heavy atom. The molecule has 2 aromatic carbocycles. The van der Waals surface area contributed by atoms with E-state index in [9.17, 15) is 0 Å². The number of aromatic nitrogens is 4. The number of nitrogens with one attached hydrogen (secondary N) is 1. The lowest BCUT2D eigenvalue weighted by Crippen LogP contribution is -3.13. The summed E-state index contributed by atoms with van der Waals surface area (Å²) in [4.78, 5) is 1.47. The summed E-state index contributed by atoms with van der Waals surface area (Å²) in [5.74, 6) is 3.29. The van der Waals surface area contributed by atoms with Crippen LogP contribution in [-0.2, 0) is 13.0 Å². The van der Waals surface area contributed by atoms with E-state index in [4.69, 9.17) is 9.47 Å². The Morgan fingerprint density at radius 1 is 1.06 bits per heavy atom. The van der Waals surface area contributed by atoms with Crippen LogP contribution in [0.1, 0.15) is 42.8 Å². The van der Waals surface area contributed by atoms with Crippen molar-refractivity contribution in [2.24, 2.45) is 5.92 Å². The average Bonchev–Trinajstić information content (AvgIpc) is 3.28. The van der Waals surface area contributed by atoms with Gasteiger partial charge in [-0.15, -0.1) is 5.10 Å². The molecule has 1 N–H and O–H groups in total. The number of ether oxygens (including phenoxy) is 2. The number of nitrogens with zero attached hydrogens (tertiary/aromatic N) is 4. The molecule has 7 heteroatoms. The van der Waals surface area contributed by atoms with Crippen LogP contribution < -0.4 is 14.4 Å². The number of benzene rings is 2. The van der Waals surface area contributed by atoms with E-state index in [1.165, 1.54) is 23.3 Å². The molecule has 1 aromatic heterocycles. The molecule has 1 aliphatic rings. The Kier molecular flexibility index (Phi) is 6.82. The van der Waals surface area contributed by atoms with Crippen molar-refractivity contribution < 1.29 is 14.4 Å². The van der Waals surface area contributed by atoms with Crippen molar-refractivity contribution >= 4 is 0 Å². The molecule has 0 spiro atoms. The molecule has 1 aliphatic heterocycles. The Morgan fingerprint density at radius 3 is 2.55 bits per heavy atom. The second-order valence-electron chi connectivity index (χ2n) is 8.38. The van der Waals surface area contributed by atoms with Crippen LogP contribution in [0.3, 0.4) is 0 Å². The summed E-state index contributed by atoms with van der Waals surface area (Å²) >= 11 is 0. The SMILES string of the molecule is COc1ccc(OC)c([C@@H](c2nnnn2CCc2ccccc2)[NH+]2CCC(C)CC2)c1. The van der Waals surface area contributed by atoms with Gasteiger partial charge in [-0.3, -0.25) is 0 Å². The fourth-order valence-electron chi connectivity index (χ4n) is 4.49. The highest BCUT2D eigenvalue weighted by Crippen LogP contribution is 2.31. The number of tetrazole rings is 1. The van der Waals surface area contributed by atoms with Crippen LogP contribution in [0, 0.1) is 5.92 Å². The first kappa shape index (κ1) is 21.3. The number of quaternary nitrogens is 1. The Labute approximate surface area is 184 Å². The van der Waals surface area contributed by atoms with Crippen molar-refractivity contribution in [3.8, 4) is 11.5 Å². The maximum absolute atomic E-state index is 5.76. The van der Waals surface area contributed by atoms with Crippen LogP contribution in [0.15, 0.2) is 48.5 Å². The lowest BCUT2D eigenvalue weighted by atomic mass is 9.95. The first-order valence-corrected chi connectivity index (χ1v) is 11.1. The molecule has 4 rings (SSSR count). The van der Waals surface area contributed by atoms with Gasteiger partial charge in [-0.25, -0.2) is 4.68 Å². The monoisotopic (exact) mass is 422 g/mol. The fourth-order valence-corrected chi connectivity index (χ4v) is 4.49. The summed E-state index contributed by atoms with van der Waals surface area (Å²) in [5, 5.41) is 12.9. The van der Waals surface area contributed by atoms with Gasteiger partial charge >= 0.3 is 0 Å². The number of likely N-dealkylation sites (tertiary alicyclic amines) is 1. The van der Waals surface area contributed by atoms with Crippen LogP contribution in [0.25, 0.3) is 0 Å². The standard InChI is InChI=1S/C24H31N5O2/c1-18-11-14-28(15-12-18)23(21-17-20(30-2)9-10-22(21)31-3)24-25-26-27-29(24)16-13-19-7-5-4-6-8-19/h4-10,17-18,23H,11-16H2,1-3H3/p+1/t23-/m0/s1. The molecule has 3 aromatic rings. The van der Waals surface area contributed by atoms with Crippen molar-refractivity contribution in [2.75, 3.05) is 27.3 Å². The van der Waals surface area contributed by atoms with Gasteiger partial charge in [-0.1, -0.05) is 37.3 Å². The predicted octanol–water partition coefficient (Wildman–Crippen LogP) is 2.34. The quantitative estimate of drug-likeness (QED) is 0.604. The molecular weight excluding hydrogens is 390 g/mol. The van der Waals surface area contributed by atoms with Crippen molar-refractivity contribution in [3.63, 3.8) is 0 Å². The molecule has 0 aliphatic carbocycles. The minimum Gasteiger partial charge on any atom is -0.497 e. The van der Waals surface area contributed by atoms with Crippen LogP contribution >= 0.6 is 0 Å². The molecule has 31 heavy (non-hydrogen) atoms. The van der Waals surface area contributed by atoms with Crippen LogP contribution in [-0.4, -0.2) is 47.5 Å². The van der Waals surface area contributed by atoms with Crippen LogP contribution in [0.5, 0.6) is 11.5 Å². The number of hydrogen-bond donors (Lipinski definition) is 1. The van der Waals surface area contributed by atoms with Gasteiger partial charge < -0.3 is 14.4 Å². The molecule has 1 atom stereocenters. The molecule has 0 unspecified atom stereocenters. The number of methoxy groups -OCH3 is 2. The summed E-state index contributed by atoms with van der Waals surface area (Å²) in [6.45, 7) is 5.23. The molecule has 2 heterocycles. The number of rotatable bonds is 8. The molecular formula is C24H32N5O2+. The van der Waals surface area contributed by atoms with Crippen molar-refractivity contribution in [1.82, 2.24) is 20.2 Å². The van der Waals surface area contributed by atoms with Gasteiger partial charge in [-0.2, -0.15) is 0 Å². The normalized spacial score (nSPS) is 19.7. The van der Waals surface area contributed by atoms with E-state index in [2.05, 4.69) is 52.8 Å². The van der Waals surface area contributed by atoms with Gasteiger partial charge in [0, 0.05) is 6.54 Å². The smallest absolute Gasteiger partial charge is 0.214 e. The second kappa shape index (κ2) is 9.92. The Hall–Kier alpha value is -2.93. The molecule has 0 saturated carbocycles. The molecule has 7 nitrogen and oxygen atoms in total. The van der Waals surface area contributed by atoms with Gasteiger partial charge in [0.1, 0.15) is 11.5 Å². The highest BCUT2D eigenvalue weighted by atomic mass is 16.5. The maximum atomic E-state index is 5.76. The predicted molar refractivity (Wildman–Crippen MR) is 118 cm³/mol. The van der Waals surface area contributed by atoms with Gasteiger partial charge in [0.2, 0.25) is 5.82 Å². The lowest BCUT2D eigenvalue weighted by molar-refractivity contribution is -0.932. The van der Waals surface area contributed by atoms with Gasteiger partial charge in [0.05, 0.1) is 32.9 Å². The minimum atomic E-state index is -0.0108. The third kappa shape index (κ3) is 4.88. The van der Waals surface area contributed by atoms with E-state index >= 15 is 0 Å². The van der Waals surface area contributed by atoms with Gasteiger partial charge in [0.25, 0.3) is 0 Å². The van der Waals surface area contributed by atoms with E-state index in [-0.39, 0.29) is 6.04 Å². The zero-order chi connectivity index (χ0) is 21.6. The number of aryl methyl sites for hydroxylation is 2. The zero-order valence-corrected chi connectivity index (χ0v) is 18.6. The van der Waals surface area contributed by atoms with Gasteiger partial charge in [0.15, 0.2) is 6.04 Å². The van der Waals surface area contributed by atoms with E-state index < -0.39 is 0 Å². The van der Waals surface area contributed by atoms with Crippen molar-refractivity contribution in [1.29, 1.82) is 0 Å². The molecule has 0 amide bonds. The first-order chi connectivity index (χ1) is 15.2. The maximum Gasteiger partial charge on any atom is 0.214 e. The van der Waals surface area contributed by atoms with Crippen LogP contribution in [0.2, 0.25) is 0 Å².